The van der Waals surface area contributed by atoms with Crippen LogP contribution in [0.25, 0.3) is 0 Å². The predicted molar refractivity (Wildman–Crippen MR) is 181 cm³/mol. The standard InChI is InChI=1S/C19H20N2O9.C15H16N2O7/c1-4-8-27-15-10-13(14(21(25)26)11-16(15)28-9-5-2)12(3)29-19(24)30-20-17(22)6-7-18(20)23;1-8-6-11(12(17(21)22)7-9(8)2)10(3)23-15(20)24-16-13(18)4-5-14(16)19/h4-5,10-12H,1-2,6-9H2,3H3;6-7,10H,4-5H2,1-3H3. The summed E-state index contributed by atoms with van der Waals surface area (Å²) in [6.45, 7) is 13.5. The summed E-state index contributed by atoms with van der Waals surface area (Å²) < 4.78 is 20.9. The van der Waals surface area contributed by atoms with E-state index in [2.05, 4.69) is 22.8 Å². The maximum absolute atomic E-state index is 12.0. The van der Waals surface area contributed by atoms with E-state index in [0.717, 1.165) is 17.2 Å². The smallest absolute Gasteiger partial charge is 0.486 e. The minimum absolute atomic E-state index is 0.0129. The van der Waals surface area contributed by atoms with Crippen molar-refractivity contribution in [2.24, 2.45) is 0 Å². The monoisotopic (exact) mass is 756 g/mol. The molecule has 0 N–H and O–H groups in total. The minimum atomic E-state index is -1.36. The summed E-state index contributed by atoms with van der Waals surface area (Å²) in [5.41, 5.74) is 1.12. The molecule has 0 spiro atoms. The lowest BCUT2D eigenvalue weighted by atomic mass is 10.0. The number of hydroxylamine groups is 4. The fourth-order valence-corrected chi connectivity index (χ4v) is 4.80. The van der Waals surface area contributed by atoms with Gasteiger partial charge in [0.05, 0.1) is 27.0 Å². The van der Waals surface area contributed by atoms with Crippen LogP contribution in [0.3, 0.4) is 0 Å². The SMILES string of the molecule is C=CCOc1cc(C(C)OC(=O)ON2C(=O)CCC2=O)c([N+](=O)[O-])cc1OCC=C.Cc1cc(C(C)OC(=O)ON2C(=O)CCC2=O)c([N+](=O)[O-])cc1C. The van der Waals surface area contributed by atoms with E-state index >= 15 is 0 Å². The Morgan fingerprint density at radius 1 is 0.685 bits per heavy atom. The zero-order chi connectivity index (χ0) is 40.3. The summed E-state index contributed by atoms with van der Waals surface area (Å²) in [5.74, 6) is -2.39. The minimum Gasteiger partial charge on any atom is -0.486 e. The molecule has 2 unspecified atom stereocenters. The van der Waals surface area contributed by atoms with E-state index in [0.29, 0.717) is 10.1 Å². The number of benzene rings is 2. The third-order valence-electron chi connectivity index (χ3n) is 7.61. The van der Waals surface area contributed by atoms with Crippen LogP contribution in [0.5, 0.6) is 11.5 Å². The van der Waals surface area contributed by atoms with E-state index in [-0.39, 0.29) is 67.2 Å². The first-order chi connectivity index (χ1) is 25.5. The quantitative estimate of drug-likeness (QED) is 0.0759. The number of rotatable bonds is 14. The average molecular weight is 757 g/mol. The molecule has 2 saturated heterocycles. The van der Waals surface area contributed by atoms with Gasteiger partial charge in [0.25, 0.3) is 35.0 Å². The Morgan fingerprint density at radius 3 is 1.43 bits per heavy atom. The van der Waals surface area contributed by atoms with E-state index in [4.69, 9.17) is 18.9 Å². The second-order valence-corrected chi connectivity index (χ2v) is 11.4. The number of hydrogen-bond acceptors (Lipinski definition) is 16. The summed E-state index contributed by atoms with van der Waals surface area (Å²) >= 11 is 0. The number of nitro benzene ring substituents is 2. The number of imide groups is 2. The molecule has 2 aromatic carbocycles. The van der Waals surface area contributed by atoms with Gasteiger partial charge in [-0.15, -0.1) is 0 Å². The highest BCUT2D eigenvalue weighted by molar-refractivity contribution is 6.02. The highest BCUT2D eigenvalue weighted by Gasteiger charge is 2.36. The molecule has 2 heterocycles. The van der Waals surface area contributed by atoms with Crippen LogP contribution in [0.15, 0.2) is 49.6 Å². The van der Waals surface area contributed by atoms with E-state index in [1.54, 1.807) is 19.9 Å². The van der Waals surface area contributed by atoms with Crippen molar-refractivity contribution in [3.63, 3.8) is 0 Å². The average Bonchev–Trinajstić information content (AvgIpc) is 3.60. The van der Waals surface area contributed by atoms with Crippen LogP contribution in [0.1, 0.15) is 74.0 Å². The van der Waals surface area contributed by atoms with Crippen LogP contribution in [0, 0.1) is 34.1 Å². The number of amides is 4. The Hall–Kier alpha value is -6.86. The first-order valence-electron chi connectivity index (χ1n) is 16.0. The van der Waals surface area contributed by atoms with Gasteiger partial charge in [0.15, 0.2) is 11.5 Å². The summed E-state index contributed by atoms with van der Waals surface area (Å²) in [6.07, 6.45) is -2.12. The van der Waals surface area contributed by atoms with E-state index in [1.165, 1.54) is 38.1 Å². The molecule has 0 aliphatic carbocycles. The van der Waals surface area contributed by atoms with Gasteiger partial charge in [0.1, 0.15) is 25.4 Å². The molecular weight excluding hydrogens is 720 g/mol. The molecule has 54 heavy (non-hydrogen) atoms. The molecule has 0 saturated carbocycles. The zero-order valence-corrected chi connectivity index (χ0v) is 29.6. The van der Waals surface area contributed by atoms with Crippen molar-refractivity contribution in [3.8, 4) is 11.5 Å². The number of carbonyl (C=O) groups excluding carboxylic acids is 6. The number of hydrogen-bond donors (Lipinski definition) is 0. The van der Waals surface area contributed by atoms with Crippen LogP contribution < -0.4 is 9.47 Å². The van der Waals surface area contributed by atoms with Gasteiger partial charge in [0, 0.05) is 31.7 Å². The Labute approximate surface area is 307 Å². The Bertz CT molecular complexity index is 1840. The maximum atomic E-state index is 12.0. The van der Waals surface area contributed by atoms with Gasteiger partial charge in [-0.2, -0.15) is 0 Å². The molecule has 20 nitrogen and oxygen atoms in total. The normalized spacial score (nSPS) is 14.7. The molecule has 0 radical (unpaired) electrons. The number of ether oxygens (including phenoxy) is 4. The van der Waals surface area contributed by atoms with Gasteiger partial charge in [-0.3, -0.25) is 49.1 Å². The van der Waals surface area contributed by atoms with Crippen molar-refractivity contribution >= 4 is 47.3 Å². The van der Waals surface area contributed by atoms with Crippen molar-refractivity contribution in [2.45, 2.75) is 65.6 Å². The maximum Gasteiger partial charge on any atom is 0.534 e. The molecule has 288 valence electrons. The van der Waals surface area contributed by atoms with Crippen LogP contribution >= 0.6 is 0 Å². The number of nitro groups is 2. The van der Waals surface area contributed by atoms with Crippen LogP contribution in [0.2, 0.25) is 0 Å². The molecule has 2 aromatic rings. The first-order valence-corrected chi connectivity index (χ1v) is 16.0. The lowest BCUT2D eigenvalue weighted by Gasteiger charge is -2.18. The second-order valence-electron chi connectivity index (χ2n) is 11.4. The van der Waals surface area contributed by atoms with Crippen LogP contribution in [-0.2, 0) is 38.3 Å². The van der Waals surface area contributed by atoms with Crippen LogP contribution in [-0.4, -0.2) is 69.1 Å². The molecule has 0 aromatic heterocycles. The largest absolute Gasteiger partial charge is 0.534 e. The van der Waals surface area contributed by atoms with Crippen molar-refractivity contribution in [1.82, 2.24) is 10.1 Å². The molecular formula is C34H36N4O16. The lowest BCUT2D eigenvalue weighted by Crippen LogP contribution is -2.32. The lowest BCUT2D eigenvalue weighted by molar-refractivity contribution is -0.386. The van der Waals surface area contributed by atoms with Crippen molar-refractivity contribution in [2.75, 3.05) is 13.2 Å². The van der Waals surface area contributed by atoms with Crippen LogP contribution in [0.4, 0.5) is 21.0 Å². The predicted octanol–water partition coefficient (Wildman–Crippen LogP) is 5.49. The van der Waals surface area contributed by atoms with Gasteiger partial charge in [0.2, 0.25) is 0 Å². The van der Waals surface area contributed by atoms with Gasteiger partial charge in [-0.1, -0.05) is 35.4 Å². The van der Waals surface area contributed by atoms with Crippen molar-refractivity contribution in [1.29, 1.82) is 0 Å². The molecule has 4 amide bonds. The summed E-state index contributed by atoms with van der Waals surface area (Å²) in [7, 11) is 0. The topological polar surface area (TPSA) is 251 Å². The van der Waals surface area contributed by atoms with E-state index < -0.39 is 63.7 Å². The Morgan fingerprint density at radius 2 is 1.04 bits per heavy atom. The fourth-order valence-electron chi connectivity index (χ4n) is 4.80. The molecule has 0 bridgehead atoms. The number of carbonyl (C=O) groups is 6. The molecule has 2 aliphatic rings. The van der Waals surface area contributed by atoms with Gasteiger partial charge >= 0.3 is 12.3 Å². The van der Waals surface area contributed by atoms with Gasteiger partial charge in [-0.05, 0) is 51.0 Å². The zero-order valence-electron chi connectivity index (χ0n) is 29.6. The number of aryl methyl sites for hydroxylation is 2. The highest BCUT2D eigenvalue weighted by atomic mass is 16.8. The summed E-state index contributed by atoms with van der Waals surface area (Å²) in [6, 6.07) is 5.38. The Balaban J connectivity index is 0.000000297. The highest BCUT2D eigenvalue weighted by Crippen LogP contribution is 2.39. The van der Waals surface area contributed by atoms with Crippen molar-refractivity contribution in [3.05, 3.63) is 92.1 Å². The second kappa shape index (κ2) is 18.6. The molecule has 2 fully saturated rings. The molecule has 2 aliphatic heterocycles. The van der Waals surface area contributed by atoms with E-state index in [1.807, 2.05) is 0 Å². The van der Waals surface area contributed by atoms with Gasteiger partial charge in [-0.25, -0.2) is 9.59 Å². The third kappa shape index (κ3) is 10.6. The summed E-state index contributed by atoms with van der Waals surface area (Å²) in [5, 5.41) is 23.4. The molecule has 20 heteroatoms. The van der Waals surface area contributed by atoms with E-state index in [9.17, 15) is 49.0 Å². The molecule has 2 atom stereocenters. The Kier molecular flexibility index (Phi) is 14.3. The number of nitrogens with zero attached hydrogens (tertiary/aromatic N) is 4. The first kappa shape index (κ1) is 41.6. The third-order valence-corrected chi connectivity index (χ3v) is 7.61. The summed E-state index contributed by atoms with van der Waals surface area (Å²) in [4.78, 5) is 100. The van der Waals surface area contributed by atoms with Crippen molar-refractivity contribution < 1.29 is 67.2 Å². The fraction of sp³-hybridized carbons (Fsp3) is 0.353. The molecule has 4 rings (SSSR count). The van der Waals surface area contributed by atoms with Gasteiger partial charge < -0.3 is 18.9 Å².